The van der Waals surface area contributed by atoms with Crippen LogP contribution in [0.2, 0.25) is 5.02 Å². The Morgan fingerprint density at radius 3 is 2.48 bits per heavy atom. The van der Waals surface area contributed by atoms with Gasteiger partial charge in [0.25, 0.3) is 0 Å². The van der Waals surface area contributed by atoms with Crippen LogP contribution in [0.5, 0.6) is 0 Å². The number of aliphatic imine (C=N–C) groups is 1. The lowest BCUT2D eigenvalue weighted by Gasteiger charge is -2.24. The summed E-state index contributed by atoms with van der Waals surface area (Å²) in [5.74, 6) is 0.835. The van der Waals surface area contributed by atoms with Gasteiger partial charge < -0.3 is 20.1 Å². The van der Waals surface area contributed by atoms with Gasteiger partial charge in [0.05, 0.1) is 19.8 Å². The van der Waals surface area contributed by atoms with E-state index in [1.165, 1.54) is 5.56 Å². The second-order valence-corrected chi connectivity index (χ2v) is 6.91. The Bertz CT molecular complexity index is 504. The van der Waals surface area contributed by atoms with Crippen molar-refractivity contribution in [3.8, 4) is 0 Å². The van der Waals surface area contributed by atoms with Crippen molar-refractivity contribution in [1.82, 2.24) is 10.6 Å². The highest BCUT2D eigenvalue weighted by atomic mass is 35.5. The van der Waals surface area contributed by atoms with E-state index in [0.717, 1.165) is 30.5 Å². The Morgan fingerprint density at radius 1 is 1.12 bits per heavy atom. The molecule has 2 N–H and O–H groups in total. The highest BCUT2D eigenvalue weighted by molar-refractivity contribution is 6.30. The quantitative estimate of drug-likeness (QED) is 0.357. The summed E-state index contributed by atoms with van der Waals surface area (Å²) in [5, 5.41) is 7.39. The Kier molecular flexibility index (Phi) is 10.5. The van der Waals surface area contributed by atoms with Crippen LogP contribution in [-0.2, 0) is 14.9 Å². The summed E-state index contributed by atoms with van der Waals surface area (Å²) in [6.07, 6.45) is 0.925. The number of rotatable bonds is 11. The molecule has 0 spiro atoms. The van der Waals surface area contributed by atoms with Gasteiger partial charge in [0.15, 0.2) is 5.96 Å². The average molecular weight is 370 g/mol. The standard InChI is InChI=1S/C19H32ClN3O2/c1-5-21-18(22-11-6-12-25-14-13-24-4)23-15-19(2,3)16-7-9-17(20)10-8-16/h7-10H,5-6,11-15H2,1-4H3,(H2,21,22,23). The molecule has 0 aliphatic carbocycles. The summed E-state index contributed by atoms with van der Waals surface area (Å²) in [4.78, 5) is 4.73. The number of guanidine groups is 1. The minimum absolute atomic E-state index is 0.0593. The number of benzene rings is 1. The van der Waals surface area contributed by atoms with Gasteiger partial charge in [-0.1, -0.05) is 37.6 Å². The summed E-state index contributed by atoms with van der Waals surface area (Å²) >= 11 is 5.98. The highest BCUT2D eigenvalue weighted by Crippen LogP contribution is 2.24. The molecule has 0 aromatic heterocycles. The van der Waals surface area contributed by atoms with E-state index in [9.17, 15) is 0 Å². The molecule has 0 saturated heterocycles. The van der Waals surface area contributed by atoms with Crippen LogP contribution in [0.4, 0.5) is 0 Å². The molecular weight excluding hydrogens is 338 g/mol. The number of halogens is 1. The molecule has 1 rings (SSSR count). The number of hydrogen-bond acceptors (Lipinski definition) is 3. The van der Waals surface area contributed by atoms with E-state index in [1.54, 1.807) is 7.11 Å². The third kappa shape index (κ3) is 9.10. The molecule has 0 unspecified atom stereocenters. The van der Waals surface area contributed by atoms with Gasteiger partial charge in [0.1, 0.15) is 0 Å². The Balaban J connectivity index is 2.46. The van der Waals surface area contributed by atoms with Crippen LogP contribution in [0.15, 0.2) is 29.3 Å². The molecule has 0 amide bonds. The largest absolute Gasteiger partial charge is 0.382 e. The van der Waals surface area contributed by atoms with Crippen molar-refractivity contribution in [1.29, 1.82) is 0 Å². The van der Waals surface area contributed by atoms with Crippen LogP contribution >= 0.6 is 11.6 Å². The number of nitrogens with one attached hydrogen (secondary N) is 2. The zero-order valence-electron chi connectivity index (χ0n) is 15.9. The van der Waals surface area contributed by atoms with Crippen LogP contribution in [0, 0.1) is 0 Å². The molecule has 5 nitrogen and oxygen atoms in total. The van der Waals surface area contributed by atoms with Crippen LogP contribution in [0.1, 0.15) is 32.8 Å². The second kappa shape index (κ2) is 12.1. The molecule has 25 heavy (non-hydrogen) atoms. The molecule has 0 bridgehead atoms. The highest BCUT2D eigenvalue weighted by Gasteiger charge is 2.20. The monoisotopic (exact) mass is 369 g/mol. The molecule has 0 atom stereocenters. The van der Waals surface area contributed by atoms with Crippen LogP contribution in [0.25, 0.3) is 0 Å². The minimum atomic E-state index is -0.0593. The molecule has 0 radical (unpaired) electrons. The van der Waals surface area contributed by atoms with Gasteiger partial charge in [-0.2, -0.15) is 0 Å². The zero-order valence-corrected chi connectivity index (χ0v) is 16.7. The van der Waals surface area contributed by atoms with Crippen molar-refractivity contribution >= 4 is 17.6 Å². The summed E-state index contributed by atoms with van der Waals surface area (Å²) < 4.78 is 10.4. The van der Waals surface area contributed by atoms with Gasteiger partial charge in [-0.15, -0.1) is 0 Å². The van der Waals surface area contributed by atoms with Crippen molar-refractivity contribution in [2.45, 2.75) is 32.6 Å². The van der Waals surface area contributed by atoms with E-state index < -0.39 is 0 Å². The fourth-order valence-corrected chi connectivity index (χ4v) is 2.36. The maximum Gasteiger partial charge on any atom is 0.191 e. The van der Waals surface area contributed by atoms with E-state index in [2.05, 4.69) is 43.5 Å². The predicted octanol–water partition coefficient (Wildman–Crippen LogP) is 3.23. The molecule has 0 heterocycles. The van der Waals surface area contributed by atoms with Crippen molar-refractivity contribution in [2.75, 3.05) is 46.6 Å². The fourth-order valence-electron chi connectivity index (χ4n) is 2.24. The molecule has 1 aromatic rings. The molecule has 0 fully saturated rings. The first-order chi connectivity index (χ1) is 12.0. The first kappa shape index (κ1) is 21.7. The van der Waals surface area contributed by atoms with E-state index in [-0.39, 0.29) is 5.41 Å². The van der Waals surface area contributed by atoms with Crippen molar-refractivity contribution in [3.05, 3.63) is 34.9 Å². The first-order valence-electron chi connectivity index (χ1n) is 8.84. The van der Waals surface area contributed by atoms with Crippen molar-refractivity contribution < 1.29 is 9.47 Å². The summed E-state index contributed by atoms with van der Waals surface area (Å²) in [7, 11) is 1.68. The lowest BCUT2D eigenvalue weighted by Crippen LogP contribution is -2.39. The van der Waals surface area contributed by atoms with Gasteiger partial charge in [0, 0.05) is 37.2 Å². The Hall–Kier alpha value is -1.30. The van der Waals surface area contributed by atoms with E-state index in [0.29, 0.717) is 26.4 Å². The maximum absolute atomic E-state index is 5.98. The van der Waals surface area contributed by atoms with E-state index in [1.807, 2.05) is 12.1 Å². The van der Waals surface area contributed by atoms with Crippen LogP contribution in [0.3, 0.4) is 0 Å². The number of hydrogen-bond donors (Lipinski definition) is 2. The Morgan fingerprint density at radius 2 is 1.84 bits per heavy atom. The van der Waals surface area contributed by atoms with Crippen molar-refractivity contribution in [2.24, 2.45) is 4.99 Å². The normalized spacial score (nSPS) is 12.3. The zero-order chi connectivity index (χ0) is 18.5. The minimum Gasteiger partial charge on any atom is -0.382 e. The van der Waals surface area contributed by atoms with Gasteiger partial charge in [-0.25, -0.2) is 0 Å². The summed E-state index contributed by atoms with van der Waals surface area (Å²) in [5.41, 5.74) is 1.17. The molecule has 142 valence electrons. The molecule has 0 aliphatic heterocycles. The summed E-state index contributed by atoms with van der Waals surface area (Å²) in [6.45, 7) is 10.8. The van der Waals surface area contributed by atoms with E-state index >= 15 is 0 Å². The fraction of sp³-hybridized carbons (Fsp3) is 0.632. The van der Waals surface area contributed by atoms with Crippen molar-refractivity contribution in [3.63, 3.8) is 0 Å². The van der Waals surface area contributed by atoms with Gasteiger partial charge >= 0.3 is 0 Å². The number of nitrogens with zero attached hydrogens (tertiary/aromatic N) is 1. The SMILES string of the molecule is CCNC(=NCC(C)(C)c1ccc(Cl)cc1)NCCCOCCOC. The number of methoxy groups -OCH3 is 1. The Labute approximate surface area is 157 Å². The topological polar surface area (TPSA) is 54.9 Å². The molecule has 1 aromatic carbocycles. The van der Waals surface area contributed by atoms with Gasteiger partial charge in [-0.3, -0.25) is 4.99 Å². The number of ether oxygens (including phenoxy) is 2. The summed E-state index contributed by atoms with van der Waals surface area (Å²) in [6, 6.07) is 7.98. The molecular formula is C19H32ClN3O2. The molecule has 0 aliphatic rings. The van der Waals surface area contributed by atoms with Crippen LogP contribution in [-0.4, -0.2) is 52.5 Å². The second-order valence-electron chi connectivity index (χ2n) is 6.47. The molecule has 0 saturated carbocycles. The van der Waals surface area contributed by atoms with Gasteiger partial charge in [-0.05, 0) is 31.0 Å². The third-order valence-corrected chi connectivity index (χ3v) is 4.04. The lowest BCUT2D eigenvalue weighted by molar-refractivity contribution is 0.0698. The first-order valence-corrected chi connectivity index (χ1v) is 9.22. The van der Waals surface area contributed by atoms with Crippen LogP contribution < -0.4 is 10.6 Å². The maximum atomic E-state index is 5.98. The van der Waals surface area contributed by atoms with E-state index in [4.69, 9.17) is 26.1 Å². The molecule has 6 heteroatoms. The van der Waals surface area contributed by atoms with Gasteiger partial charge in [0.2, 0.25) is 0 Å². The third-order valence-electron chi connectivity index (χ3n) is 3.79. The predicted molar refractivity (Wildman–Crippen MR) is 106 cm³/mol. The smallest absolute Gasteiger partial charge is 0.191 e. The lowest BCUT2D eigenvalue weighted by atomic mass is 9.85. The average Bonchev–Trinajstić information content (AvgIpc) is 2.59.